The van der Waals surface area contributed by atoms with Crippen molar-refractivity contribution in [2.45, 2.75) is 26.6 Å². The van der Waals surface area contributed by atoms with E-state index in [2.05, 4.69) is 5.32 Å². The smallest absolute Gasteiger partial charge is 0.408 e. The summed E-state index contributed by atoms with van der Waals surface area (Å²) < 4.78 is 21.7. The van der Waals surface area contributed by atoms with E-state index in [9.17, 15) is 14.3 Å². The maximum Gasteiger partial charge on any atom is 0.408 e. The highest BCUT2D eigenvalue weighted by Crippen LogP contribution is 2.41. The zero-order chi connectivity index (χ0) is 19.4. The van der Waals surface area contributed by atoms with Crippen molar-refractivity contribution in [1.29, 1.82) is 0 Å². The van der Waals surface area contributed by atoms with Gasteiger partial charge in [0.15, 0.2) is 0 Å². The van der Waals surface area contributed by atoms with E-state index in [0.29, 0.717) is 0 Å². The van der Waals surface area contributed by atoms with Crippen molar-refractivity contribution in [2.75, 3.05) is 6.29 Å². The first-order valence-corrected chi connectivity index (χ1v) is 9.74. The number of para-hydroxylation sites is 1. The molecule has 2 aromatic rings. The normalized spacial score (nSPS) is 12.3. The van der Waals surface area contributed by atoms with Gasteiger partial charge in [-0.3, -0.25) is 0 Å². The first-order chi connectivity index (χ1) is 12.3. The van der Waals surface area contributed by atoms with Crippen molar-refractivity contribution < 1.29 is 28.6 Å². The number of carbonyl (C=O) groups excluding carboxylic acids is 1. The van der Waals surface area contributed by atoms with Crippen LogP contribution in [-0.2, 0) is 15.9 Å². The molecule has 0 saturated carbocycles. The lowest BCUT2D eigenvalue weighted by molar-refractivity contribution is 0.140. The molecule has 8 heteroatoms. The van der Waals surface area contributed by atoms with Gasteiger partial charge < -0.3 is 24.6 Å². The molecule has 0 fully saturated rings. The minimum atomic E-state index is -3.98. The third-order valence-corrected chi connectivity index (χ3v) is 3.68. The van der Waals surface area contributed by atoms with E-state index in [-0.39, 0.29) is 18.5 Å². The number of aliphatic hydroxyl groups excluding tert-OH is 1. The van der Waals surface area contributed by atoms with Gasteiger partial charge in [-0.05, 0) is 31.5 Å². The van der Waals surface area contributed by atoms with Crippen molar-refractivity contribution in [3.8, 4) is 5.75 Å². The number of rotatable bonds is 6. The topological polar surface area (TPSA) is 105 Å². The summed E-state index contributed by atoms with van der Waals surface area (Å²) >= 11 is 0. The summed E-state index contributed by atoms with van der Waals surface area (Å²) in [5.41, 5.74) is 0.824. The van der Waals surface area contributed by atoms with Crippen LogP contribution < -0.4 is 9.84 Å². The van der Waals surface area contributed by atoms with Gasteiger partial charge in [0.2, 0.25) is 0 Å². The largest absolute Gasteiger partial charge is 0.445 e. The fraction of sp³-hybridized carbons (Fsp3) is 0.278. The van der Waals surface area contributed by atoms with E-state index in [1.165, 1.54) is 0 Å². The fourth-order valence-corrected chi connectivity index (χ4v) is 2.46. The Labute approximate surface area is 153 Å². The zero-order valence-corrected chi connectivity index (χ0v) is 15.6. The SMILES string of the molecule is CC(C)O.O=C(NCP(=O)(O)Oc1ccccc1)OCc1ccccc1. The van der Waals surface area contributed by atoms with Crippen LogP contribution in [0.3, 0.4) is 0 Å². The number of amides is 1. The van der Waals surface area contributed by atoms with E-state index in [1.807, 2.05) is 30.3 Å². The zero-order valence-electron chi connectivity index (χ0n) is 14.7. The van der Waals surface area contributed by atoms with Crippen LogP contribution in [0.4, 0.5) is 4.79 Å². The molecular formula is C18H24NO6P. The lowest BCUT2D eigenvalue weighted by Crippen LogP contribution is -2.26. The second-order valence-electron chi connectivity index (χ2n) is 5.53. The first-order valence-electron chi connectivity index (χ1n) is 7.97. The Morgan fingerprint density at radius 1 is 1.08 bits per heavy atom. The van der Waals surface area contributed by atoms with Crippen LogP contribution in [0, 0.1) is 0 Å². The Morgan fingerprint density at radius 3 is 2.12 bits per heavy atom. The van der Waals surface area contributed by atoms with Crippen LogP contribution in [-0.4, -0.2) is 28.5 Å². The van der Waals surface area contributed by atoms with Crippen molar-refractivity contribution in [3.05, 3.63) is 66.2 Å². The molecule has 0 radical (unpaired) electrons. The highest BCUT2D eigenvalue weighted by atomic mass is 31.2. The molecule has 0 aliphatic heterocycles. The van der Waals surface area contributed by atoms with Crippen molar-refractivity contribution >= 4 is 13.7 Å². The van der Waals surface area contributed by atoms with Crippen molar-refractivity contribution in [3.63, 3.8) is 0 Å². The summed E-state index contributed by atoms with van der Waals surface area (Å²) in [6, 6.07) is 17.3. The van der Waals surface area contributed by atoms with Gasteiger partial charge in [-0.15, -0.1) is 0 Å². The summed E-state index contributed by atoms with van der Waals surface area (Å²) in [5, 5.41) is 10.3. The lowest BCUT2D eigenvalue weighted by atomic mass is 10.2. The quantitative estimate of drug-likeness (QED) is 0.661. The molecule has 2 aromatic carbocycles. The molecule has 0 spiro atoms. The first kappa shape index (κ1) is 21.7. The molecule has 0 aliphatic carbocycles. The molecule has 0 saturated heterocycles. The molecule has 0 bridgehead atoms. The maximum absolute atomic E-state index is 11.8. The van der Waals surface area contributed by atoms with E-state index in [4.69, 9.17) is 14.4 Å². The van der Waals surface area contributed by atoms with E-state index in [0.717, 1.165) is 5.56 Å². The van der Waals surface area contributed by atoms with Gasteiger partial charge in [0.1, 0.15) is 18.6 Å². The standard InChI is InChI=1S/C15H16NO5P.C3H8O/c17-15(20-11-13-7-3-1-4-8-13)16-12-22(18,19)21-14-9-5-2-6-10-14;1-3(2)4/h1-10H,11-12H2,(H,16,17)(H,18,19);3-4H,1-2H3. The average Bonchev–Trinajstić information content (AvgIpc) is 2.59. The monoisotopic (exact) mass is 381 g/mol. The van der Waals surface area contributed by atoms with Crippen LogP contribution in [0.2, 0.25) is 0 Å². The number of hydrogen-bond donors (Lipinski definition) is 3. The molecule has 0 heterocycles. The van der Waals surface area contributed by atoms with Gasteiger partial charge in [0.25, 0.3) is 0 Å². The van der Waals surface area contributed by atoms with Crippen molar-refractivity contribution in [2.24, 2.45) is 0 Å². The van der Waals surface area contributed by atoms with Crippen molar-refractivity contribution in [1.82, 2.24) is 5.32 Å². The van der Waals surface area contributed by atoms with Crippen LogP contribution >= 0.6 is 7.60 Å². The highest BCUT2D eigenvalue weighted by Gasteiger charge is 2.22. The summed E-state index contributed by atoms with van der Waals surface area (Å²) in [7, 11) is -3.98. The van der Waals surface area contributed by atoms with E-state index in [1.54, 1.807) is 44.2 Å². The molecule has 1 atom stereocenters. The molecule has 142 valence electrons. The third kappa shape index (κ3) is 10.5. The Bertz CT molecular complexity index is 691. The van der Waals surface area contributed by atoms with E-state index >= 15 is 0 Å². The average molecular weight is 381 g/mol. The molecular weight excluding hydrogens is 357 g/mol. The predicted molar refractivity (Wildman–Crippen MR) is 98.9 cm³/mol. The Morgan fingerprint density at radius 2 is 1.58 bits per heavy atom. The Kier molecular flexibility index (Phi) is 9.44. The van der Waals surface area contributed by atoms with Crippen LogP contribution in [0.1, 0.15) is 19.4 Å². The van der Waals surface area contributed by atoms with Gasteiger partial charge in [-0.1, -0.05) is 48.5 Å². The molecule has 3 N–H and O–H groups in total. The molecule has 26 heavy (non-hydrogen) atoms. The number of ether oxygens (including phenoxy) is 1. The minimum absolute atomic E-state index is 0.0853. The lowest BCUT2D eigenvalue weighted by Gasteiger charge is -2.14. The van der Waals surface area contributed by atoms with E-state index < -0.39 is 20.0 Å². The summed E-state index contributed by atoms with van der Waals surface area (Å²) in [6.45, 7) is 3.53. The summed E-state index contributed by atoms with van der Waals surface area (Å²) in [6.07, 6.45) is -1.48. The molecule has 1 amide bonds. The van der Waals surface area contributed by atoms with Crippen LogP contribution in [0.15, 0.2) is 60.7 Å². The predicted octanol–water partition coefficient (Wildman–Crippen LogP) is 3.52. The van der Waals surface area contributed by atoms with Gasteiger partial charge in [0, 0.05) is 6.10 Å². The number of carbonyl (C=O) groups is 1. The minimum Gasteiger partial charge on any atom is -0.445 e. The fourth-order valence-electron chi connectivity index (χ4n) is 1.62. The molecule has 1 unspecified atom stereocenters. The Balaban J connectivity index is 0.000000765. The second kappa shape index (κ2) is 11.3. The number of benzene rings is 2. The number of nitrogens with one attached hydrogen (secondary N) is 1. The summed E-state index contributed by atoms with van der Waals surface area (Å²) in [5.74, 6) is 0.257. The highest BCUT2D eigenvalue weighted by molar-refractivity contribution is 7.53. The van der Waals surface area contributed by atoms with Gasteiger partial charge in [0.05, 0.1) is 0 Å². The maximum atomic E-state index is 11.8. The summed E-state index contributed by atoms with van der Waals surface area (Å²) in [4.78, 5) is 21.2. The molecule has 0 aliphatic rings. The van der Waals surface area contributed by atoms with Gasteiger partial charge >= 0.3 is 13.7 Å². The van der Waals surface area contributed by atoms with Gasteiger partial charge in [-0.25, -0.2) is 9.36 Å². The Hall–Kier alpha value is -2.34. The second-order valence-corrected chi connectivity index (χ2v) is 7.31. The van der Waals surface area contributed by atoms with Crippen LogP contribution in [0.5, 0.6) is 5.75 Å². The third-order valence-electron chi connectivity index (χ3n) is 2.63. The number of aliphatic hydroxyl groups is 1. The molecule has 2 rings (SSSR count). The van der Waals surface area contributed by atoms with Crippen LogP contribution in [0.25, 0.3) is 0 Å². The van der Waals surface area contributed by atoms with Gasteiger partial charge in [-0.2, -0.15) is 0 Å². The number of hydrogen-bond acceptors (Lipinski definition) is 5. The number of alkyl carbamates (subject to hydrolysis) is 1. The molecule has 0 aromatic heterocycles. The molecule has 7 nitrogen and oxygen atoms in total.